The van der Waals surface area contributed by atoms with Gasteiger partial charge in [-0.05, 0) is 68.0 Å². The lowest BCUT2D eigenvalue weighted by atomic mass is 9.73. The molecule has 3 atom stereocenters. The van der Waals surface area contributed by atoms with Crippen molar-refractivity contribution in [2.75, 3.05) is 26.2 Å². The summed E-state index contributed by atoms with van der Waals surface area (Å²) in [5.74, 6) is 0.424. The Labute approximate surface area is 221 Å². The standard InChI is InChI=1S/C28H45BrN4OSi/c1-9-12-33-17-19(30-27(34)32(10-2)11-3)15-20-21-13-18(29)14-23-25(21)22(16-24(20)33)26(31-23)35(7,8)28(4,5)6/h13-14,19-20,24,31H,9-12,15-17H2,1-8H3,(H,30,34)/t19-,20?,24+/m0/s1. The highest BCUT2D eigenvalue weighted by Crippen LogP contribution is 2.46. The normalized spacial score (nSPS) is 22.8. The average Bonchev–Trinajstić information content (AvgIpc) is 3.14. The molecule has 2 amide bonds. The fourth-order valence-corrected chi connectivity index (χ4v) is 8.91. The zero-order valence-electron chi connectivity index (χ0n) is 23.0. The van der Waals surface area contributed by atoms with E-state index in [1.807, 2.05) is 4.90 Å². The number of carbonyl (C=O) groups excluding carboxylic acids is 1. The van der Waals surface area contributed by atoms with Crippen LogP contribution in [-0.2, 0) is 6.42 Å². The van der Waals surface area contributed by atoms with Gasteiger partial charge in [-0.25, -0.2) is 4.79 Å². The molecule has 2 aromatic rings. The van der Waals surface area contributed by atoms with Crippen molar-refractivity contribution in [3.63, 3.8) is 0 Å². The Bertz CT molecular complexity index is 1080. The van der Waals surface area contributed by atoms with Gasteiger partial charge in [0.1, 0.15) is 8.07 Å². The van der Waals surface area contributed by atoms with E-state index in [4.69, 9.17) is 0 Å². The van der Waals surface area contributed by atoms with Crippen molar-refractivity contribution in [3.8, 4) is 0 Å². The van der Waals surface area contributed by atoms with Crippen LogP contribution >= 0.6 is 15.9 Å². The van der Waals surface area contributed by atoms with Gasteiger partial charge >= 0.3 is 6.03 Å². The Hall–Kier alpha value is -1.31. The number of nitrogens with zero attached hydrogens (tertiary/aromatic N) is 2. The van der Waals surface area contributed by atoms with Crippen molar-refractivity contribution in [2.24, 2.45) is 0 Å². The molecule has 1 saturated heterocycles. The number of aromatic amines is 1. The van der Waals surface area contributed by atoms with Gasteiger partial charge in [-0.15, -0.1) is 0 Å². The fraction of sp³-hybridized carbons (Fsp3) is 0.679. The van der Waals surface area contributed by atoms with Crippen LogP contribution in [0.15, 0.2) is 16.6 Å². The maximum absolute atomic E-state index is 12.9. The summed E-state index contributed by atoms with van der Waals surface area (Å²) in [5, 5.41) is 6.66. The number of nitrogens with one attached hydrogen (secondary N) is 2. The molecule has 2 heterocycles. The number of H-pyrrole nitrogens is 1. The number of hydrogen-bond acceptors (Lipinski definition) is 2. The lowest BCUT2D eigenvalue weighted by molar-refractivity contribution is 0.0981. The van der Waals surface area contributed by atoms with Gasteiger partial charge in [0.2, 0.25) is 0 Å². The van der Waals surface area contributed by atoms with Crippen molar-refractivity contribution >= 4 is 46.3 Å². The maximum Gasteiger partial charge on any atom is 0.317 e. The number of fused-ring (bicyclic) bond motifs is 2. The van der Waals surface area contributed by atoms with E-state index >= 15 is 0 Å². The van der Waals surface area contributed by atoms with Crippen molar-refractivity contribution < 1.29 is 4.79 Å². The molecule has 2 N–H and O–H groups in total. The first-order chi connectivity index (χ1) is 16.4. The molecule has 5 nitrogen and oxygen atoms in total. The van der Waals surface area contributed by atoms with E-state index in [2.05, 4.69) is 97.9 Å². The van der Waals surface area contributed by atoms with Crippen LogP contribution in [0.5, 0.6) is 0 Å². The largest absolute Gasteiger partial charge is 0.362 e. The van der Waals surface area contributed by atoms with Crippen LogP contribution < -0.4 is 10.6 Å². The number of aromatic nitrogens is 1. The number of carbonyl (C=O) groups is 1. The number of piperidine rings is 1. The van der Waals surface area contributed by atoms with Gasteiger partial charge in [0.25, 0.3) is 0 Å². The third-order valence-electron chi connectivity index (χ3n) is 9.13. The van der Waals surface area contributed by atoms with Gasteiger partial charge in [-0.1, -0.05) is 56.7 Å². The molecule has 4 rings (SSSR count). The Morgan fingerprint density at radius 3 is 2.51 bits per heavy atom. The minimum Gasteiger partial charge on any atom is -0.362 e. The monoisotopic (exact) mass is 560 g/mol. The first-order valence-electron chi connectivity index (χ1n) is 13.6. The van der Waals surface area contributed by atoms with Crippen LogP contribution in [0.3, 0.4) is 0 Å². The minimum absolute atomic E-state index is 0.0765. The highest BCUT2D eigenvalue weighted by molar-refractivity contribution is 9.10. The molecule has 0 bridgehead atoms. The summed E-state index contributed by atoms with van der Waals surface area (Å²) in [7, 11) is -1.74. The summed E-state index contributed by atoms with van der Waals surface area (Å²) in [6, 6.07) is 5.37. The summed E-state index contributed by atoms with van der Waals surface area (Å²) in [5.41, 5.74) is 4.31. The zero-order chi connectivity index (χ0) is 25.7. The topological polar surface area (TPSA) is 51.4 Å². The van der Waals surface area contributed by atoms with Gasteiger partial charge < -0.3 is 15.2 Å². The molecule has 1 aromatic heterocycles. The number of benzene rings is 1. The van der Waals surface area contributed by atoms with Crippen LogP contribution in [0, 0.1) is 0 Å². The molecule has 1 fully saturated rings. The molecule has 1 unspecified atom stereocenters. The van der Waals surface area contributed by atoms with E-state index in [9.17, 15) is 4.79 Å². The smallest absolute Gasteiger partial charge is 0.317 e. The first-order valence-corrected chi connectivity index (χ1v) is 17.4. The van der Waals surface area contributed by atoms with Crippen LogP contribution in [0.2, 0.25) is 18.1 Å². The Kier molecular flexibility index (Phi) is 7.54. The predicted molar refractivity (Wildman–Crippen MR) is 155 cm³/mol. The molecule has 1 aliphatic heterocycles. The number of hydrogen-bond donors (Lipinski definition) is 2. The molecule has 35 heavy (non-hydrogen) atoms. The second-order valence-corrected chi connectivity index (χ2v) is 18.4. The number of likely N-dealkylation sites (tertiary alicyclic amines) is 1. The molecule has 1 aliphatic carbocycles. The van der Waals surface area contributed by atoms with Gasteiger partial charge in [0, 0.05) is 58.3 Å². The summed E-state index contributed by atoms with van der Waals surface area (Å²) in [6.45, 7) is 22.2. The summed E-state index contributed by atoms with van der Waals surface area (Å²) in [4.78, 5) is 21.5. The third-order valence-corrected chi connectivity index (χ3v) is 15.0. The second-order valence-electron chi connectivity index (χ2n) is 12.2. The van der Waals surface area contributed by atoms with Crippen LogP contribution in [0.1, 0.15) is 71.4 Å². The molecule has 194 valence electrons. The molecule has 2 aliphatic rings. The van der Waals surface area contributed by atoms with E-state index in [1.165, 1.54) is 21.8 Å². The van der Waals surface area contributed by atoms with E-state index in [1.54, 1.807) is 5.56 Å². The van der Waals surface area contributed by atoms with Gasteiger partial charge in [-0.3, -0.25) is 4.90 Å². The molecule has 0 saturated carbocycles. The molecular formula is C28H45BrN4OSi. The molecular weight excluding hydrogens is 516 g/mol. The van der Waals surface area contributed by atoms with Gasteiger partial charge in [0.15, 0.2) is 0 Å². The Balaban J connectivity index is 1.79. The summed E-state index contributed by atoms with van der Waals surface area (Å²) in [6.07, 6.45) is 3.24. The SMILES string of the molecule is CCCN1C[C@@H](NC(=O)N(CC)CC)CC2c3cc(Br)cc4[nH]c([Si](C)(C)C(C)(C)C)c(c34)C[C@H]21. The van der Waals surface area contributed by atoms with E-state index in [0.29, 0.717) is 12.0 Å². The lowest BCUT2D eigenvalue weighted by Gasteiger charge is -2.48. The van der Waals surface area contributed by atoms with Crippen LogP contribution in [0.25, 0.3) is 10.9 Å². The molecule has 0 radical (unpaired) electrons. The van der Waals surface area contributed by atoms with Crippen molar-refractivity contribution in [3.05, 3.63) is 27.7 Å². The highest BCUT2D eigenvalue weighted by atomic mass is 79.9. The number of halogens is 1. The lowest BCUT2D eigenvalue weighted by Crippen LogP contribution is -2.59. The summed E-state index contributed by atoms with van der Waals surface area (Å²) >= 11 is 3.83. The molecule has 0 spiro atoms. The van der Waals surface area contributed by atoms with E-state index in [0.717, 1.165) is 49.9 Å². The van der Waals surface area contributed by atoms with Gasteiger partial charge in [0.05, 0.1) is 0 Å². The average molecular weight is 562 g/mol. The van der Waals surface area contributed by atoms with Crippen molar-refractivity contribution in [1.29, 1.82) is 0 Å². The Morgan fingerprint density at radius 2 is 1.91 bits per heavy atom. The Morgan fingerprint density at radius 1 is 1.23 bits per heavy atom. The quantitative estimate of drug-likeness (QED) is 0.414. The fourth-order valence-electron chi connectivity index (χ4n) is 6.25. The number of amides is 2. The van der Waals surface area contributed by atoms with Crippen LogP contribution in [-0.4, -0.2) is 67.2 Å². The maximum atomic E-state index is 12.9. The van der Waals surface area contributed by atoms with Crippen molar-refractivity contribution in [2.45, 2.75) is 96.9 Å². The van der Waals surface area contributed by atoms with E-state index in [-0.39, 0.29) is 17.1 Å². The number of rotatable bonds is 6. The highest BCUT2D eigenvalue weighted by Gasteiger charge is 2.46. The molecule has 1 aromatic carbocycles. The first kappa shape index (κ1) is 26.7. The predicted octanol–water partition coefficient (Wildman–Crippen LogP) is 6.19. The number of urea groups is 1. The van der Waals surface area contributed by atoms with Crippen molar-refractivity contribution in [1.82, 2.24) is 20.1 Å². The van der Waals surface area contributed by atoms with Gasteiger partial charge in [-0.2, -0.15) is 0 Å². The third kappa shape index (κ3) is 4.73. The van der Waals surface area contributed by atoms with Crippen LogP contribution in [0.4, 0.5) is 4.79 Å². The second kappa shape index (κ2) is 9.86. The minimum atomic E-state index is -1.74. The summed E-state index contributed by atoms with van der Waals surface area (Å²) < 4.78 is 1.14. The molecule has 7 heteroatoms. The van der Waals surface area contributed by atoms with E-state index < -0.39 is 8.07 Å². The zero-order valence-corrected chi connectivity index (χ0v) is 25.6.